The molecule has 0 saturated carbocycles. The van der Waals surface area contributed by atoms with Gasteiger partial charge in [0.05, 0.1) is 11.3 Å². The molecule has 0 saturated heterocycles. The summed E-state index contributed by atoms with van der Waals surface area (Å²) >= 11 is 0. The van der Waals surface area contributed by atoms with Gasteiger partial charge in [0, 0.05) is 6.54 Å². The second-order valence-corrected chi connectivity index (χ2v) is 3.97. The van der Waals surface area contributed by atoms with E-state index >= 15 is 0 Å². The molecule has 1 aromatic carbocycles. The highest BCUT2D eigenvalue weighted by atomic mass is 19.4. The number of benzene rings is 1. The van der Waals surface area contributed by atoms with Gasteiger partial charge in [0.15, 0.2) is 0 Å². The molecule has 102 valence electrons. The van der Waals surface area contributed by atoms with Crippen LogP contribution in [0.15, 0.2) is 18.2 Å². The van der Waals surface area contributed by atoms with E-state index in [-0.39, 0.29) is 5.69 Å². The van der Waals surface area contributed by atoms with Gasteiger partial charge in [-0.1, -0.05) is 6.42 Å². The number of hydrogen-bond acceptors (Lipinski definition) is 2. The monoisotopic (exact) mass is 264 g/mol. The summed E-state index contributed by atoms with van der Waals surface area (Å²) in [6.07, 6.45) is -1.92. The Labute approximate surface area is 103 Å². The normalized spacial score (nSPS) is 11.6. The molecule has 0 amide bonds. The van der Waals surface area contributed by atoms with Gasteiger partial charge in [0.2, 0.25) is 0 Å². The number of rotatable bonds is 6. The lowest BCUT2D eigenvalue weighted by Gasteiger charge is -2.10. The van der Waals surface area contributed by atoms with Crippen LogP contribution in [0.1, 0.15) is 24.8 Å². The van der Waals surface area contributed by atoms with Crippen molar-refractivity contribution in [3.63, 3.8) is 0 Å². The van der Waals surface area contributed by atoms with E-state index in [2.05, 4.69) is 5.32 Å². The van der Waals surface area contributed by atoms with E-state index in [1.54, 1.807) is 0 Å². The molecule has 3 N–H and O–H groups in total. The molecule has 0 radical (unpaired) electrons. The van der Waals surface area contributed by atoms with E-state index in [1.165, 1.54) is 0 Å². The number of unbranched alkanes of at least 4 members (excludes halogenated alkanes) is 2. The van der Waals surface area contributed by atoms with Gasteiger partial charge in [-0.25, -0.2) is 4.39 Å². The highest BCUT2D eigenvalue weighted by molar-refractivity contribution is 5.46. The van der Waals surface area contributed by atoms with Crippen LogP contribution in [-0.2, 0) is 6.18 Å². The fourth-order valence-corrected chi connectivity index (χ4v) is 1.50. The van der Waals surface area contributed by atoms with E-state index < -0.39 is 17.6 Å². The average Bonchev–Trinajstić information content (AvgIpc) is 2.29. The molecule has 0 unspecified atom stereocenters. The quantitative estimate of drug-likeness (QED) is 0.610. The smallest absolute Gasteiger partial charge is 0.383 e. The van der Waals surface area contributed by atoms with Crippen LogP contribution < -0.4 is 11.1 Å². The molecular formula is C12H16F4N2. The maximum absolute atomic E-state index is 13.4. The van der Waals surface area contributed by atoms with Crippen LogP contribution in [0, 0.1) is 5.82 Å². The van der Waals surface area contributed by atoms with Crippen molar-refractivity contribution in [3.05, 3.63) is 29.6 Å². The third-order valence-electron chi connectivity index (χ3n) is 2.49. The first-order valence-electron chi connectivity index (χ1n) is 5.76. The maximum atomic E-state index is 13.4. The number of alkyl halides is 3. The lowest BCUT2D eigenvalue weighted by molar-refractivity contribution is -0.137. The Morgan fingerprint density at radius 1 is 1.11 bits per heavy atom. The number of nitrogens with two attached hydrogens (primary N) is 1. The van der Waals surface area contributed by atoms with Crippen LogP contribution >= 0.6 is 0 Å². The van der Waals surface area contributed by atoms with Gasteiger partial charge >= 0.3 is 6.18 Å². The van der Waals surface area contributed by atoms with Crippen LogP contribution in [0.3, 0.4) is 0 Å². The predicted octanol–water partition coefficient (Wildman–Crippen LogP) is 3.39. The minimum atomic E-state index is -4.51. The third-order valence-corrected chi connectivity index (χ3v) is 2.49. The highest BCUT2D eigenvalue weighted by Gasteiger charge is 2.31. The van der Waals surface area contributed by atoms with Gasteiger partial charge in [-0.05, 0) is 37.6 Å². The zero-order valence-electron chi connectivity index (χ0n) is 9.86. The molecule has 1 aromatic rings. The van der Waals surface area contributed by atoms with Crippen LogP contribution in [0.5, 0.6) is 0 Å². The zero-order valence-corrected chi connectivity index (χ0v) is 9.86. The first-order valence-corrected chi connectivity index (χ1v) is 5.76. The standard InChI is InChI=1S/C12H16F4N2/c13-10-8-9(12(14,15)16)4-5-11(10)18-7-3-1-2-6-17/h4-5,8,18H,1-3,6-7,17H2. The molecule has 6 heteroatoms. The topological polar surface area (TPSA) is 38.0 Å². The van der Waals surface area contributed by atoms with Crippen LogP contribution in [0.25, 0.3) is 0 Å². The van der Waals surface area contributed by atoms with Crippen molar-refractivity contribution in [2.75, 3.05) is 18.4 Å². The molecule has 18 heavy (non-hydrogen) atoms. The lowest BCUT2D eigenvalue weighted by Crippen LogP contribution is -2.08. The minimum Gasteiger partial charge on any atom is -0.383 e. The van der Waals surface area contributed by atoms with E-state index in [9.17, 15) is 17.6 Å². The molecule has 0 aliphatic heterocycles. The summed E-state index contributed by atoms with van der Waals surface area (Å²) < 4.78 is 50.2. The summed E-state index contributed by atoms with van der Waals surface area (Å²) in [5.74, 6) is -0.886. The number of hydrogen-bond donors (Lipinski definition) is 2. The number of nitrogens with one attached hydrogen (secondary N) is 1. The van der Waals surface area contributed by atoms with Gasteiger partial charge in [-0.2, -0.15) is 13.2 Å². The minimum absolute atomic E-state index is 0.0933. The molecular weight excluding hydrogens is 248 g/mol. The lowest BCUT2D eigenvalue weighted by atomic mass is 10.2. The largest absolute Gasteiger partial charge is 0.416 e. The van der Waals surface area contributed by atoms with Crippen LogP contribution in [-0.4, -0.2) is 13.1 Å². The molecule has 0 fully saturated rings. The Bertz CT molecular complexity index is 377. The Hall–Kier alpha value is -1.30. The summed E-state index contributed by atoms with van der Waals surface area (Å²) in [5.41, 5.74) is 4.43. The maximum Gasteiger partial charge on any atom is 0.416 e. The van der Waals surface area contributed by atoms with Crippen molar-refractivity contribution in [2.45, 2.75) is 25.4 Å². The van der Waals surface area contributed by atoms with Crippen molar-refractivity contribution in [3.8, 4) is 0 Å². The van der Waals surface area contributed by atoms with Gasteiger partial charge in [-0.3, -0.25) is 0 Å². The zero-order chi connectivity index (χ0) is 13.6. The number of anilines is 1. The van der Waals surface area contributed by atoms with E-state index in [0.29, 0.717) is 19.2 Å². The van der Waals surface area contributed by atoms with Crippen molar-refractivity contribution < 1.29 is 17.6 Å². The summed E-state index contributed by atoms with van der Waals surface area (Å²) in [6.45, 7) is 1.12. The van der Waals surface area contributed by atoms with Crippen molar-refractivity contribution in [1.82, 2.24) is 0 Å². The van der Waals surface area contributed by atoms with Gasteiger partial charge < -0.3 is 11.1 Å². The third kappa shape index (κ3) is 4.52. The molecule has 0 heterocycles. The molecule has 1 rings (SSSR count). The molecule has 0 aliphatic carbocycles. The van der Waals surface area contributed by atoms with Crippen molar-refractivity contribution in [2.24, 2.45) is 5.73 Å². The van der Waals surface area contributed by atoms with Crippen molar-refractivity contribution >= 4 is 5.69 Å². The molecule has 0 bridgehead atoms. The molecule has 0 aliphatic rings. The first-order chi connectivity index (χ1) is 8.45. The summed E-state index contributed by atoms with van der Waals surface area (Å²) in [4.78, 5) is 0. The highest BCUT2D eigenvalue weighted by Crippen LogP contribution is 2.31. The summed E-state index contributed by atoms with van der Waals surface area (Å²) in [5, 5.41) is 2.77. The molecule has 0 spiro atoms. The number of halogens is 4. The Balaban J connectivity index is 2.53. The molecule has 2 nitrogen and oxygen atoms in total. The van der Waals surface area contributed by atoms with Crippen molar-refractivity contribution in [1.29, 1.82) is 0 Å². The summed E-state index contributed by atoms with van der Waals surface area (Å²) in [7, 11) is 0. The molecule has 0 atom stereocenters. The Morgan fingerprint density at radius 2 is 1.83 bits per heavy atom. The average molecular weight is 264 g/mol. The fourth-order valence-electron chi connectivity index (χ4n) is 1.50. The first kappa shape index (κ1) is 14.8. The fraction of sp³-hybridized carbons (Fsp3) is 0.500. The van der Waals surface area contributed by atoms with Gasteiger partial charge in [-0.15, -0.1) is 0 Å². The molecule has 0 aromatic heterocycles. The predicted molar refractivity (Wildman–Crippen MR) is 62.8 cm³/mol. The Kier molecular flexibility index (Phi) is 5.40. The van der Waals surface area contributed by atoms with E-state index in [0.717, 1.165) is 31.4 Å². The van der Waals surface area contributed by atoms with Crippen LogP contribution in [0.2, 0.25) is 0 Å². The van der Waals surface area contributed by atoms with Gasteiger partial charge in [0.25, 0.3) is 0 Å². The van der Waals surface area contributed by atoms with E-state index in [1.807, 2.05) is 0 Å². The summed E-state index contributed by atoms with van der Waals surface area (Å²) in [6, 6.07) is 2.48. The second kappa shape index (κ2) is 6.58. The van der Waals surface area contributed by atoms with E-state index in [4.69, 9.17) is 5.73 Å². The van der Waals surface area contributed by atoms with Gasteiger partial charge in [0.1, 0.15) is 5.82 Å². The Morgan fingerprint density at radius 3 is 2.39 bits per heavy atom. The van der Waals surface area contributed by atoms with Crippen LogP contribution in [0.4, 0.5) is 23.2 Å². The SMILES string of the molecule is NCCCCCNc1ccc(C(F)(F)F)cc1F. The second-order valence-electron chi connectivity index (χ2n) is 3.97.